The third-order valence-corrected chi connectivity index (χ3v) is 4.94. The molecule has 0 amide bonds. The number of halogens is 2. The highest BCUT2D eigenvalue weighted by atomic mass is 35.5. The SMILES string of the molecule is Clc1cc2nc(NCCN3CCOCC3)sc2cc1Cl. The smallest absolute Gasteiger partial charge is 0.183 e. The molecule has 1 aromatic carbocycles. The molecule has 1 saturated heterocycles. The maximum Gasteiger partial charge on any atom is 0.183 e. The van der Waals surface area contributed by atoms with Gasteiger partial charge in [0.15, 0.2) is 5.13 Å². The first-order valence-electron chi connectivity index (χ1n) is 6.52. The second-order valence-corrected chi connectivity index (χ2v) is 6.48. The molecule has 7 heteroatoms. The molecule has 0 radical (unpaired) electrons. The average Bonchev–Trinajstić information content (AvgIpc) is 2.82. The molecule has 3 rings (SSSR count). The molecule has 20 heavy (non-hydrogen) atoms. The van der Waals surface area contributed by atoms with Gasteiger partial charge in [0.1, 0.15) is 0 Å². The van der Waals surface area contributed by atoms with E-state index in [0.29, 0.717) is 10.0 Å². The number of ether oxygens (including phenoxy) is 1. The molecule has 1 aliphatic heterocycles. The Morgan fingerprint density at radius 2 is 2.00 bits per heavy atom. The van der Waals surface area contributed by atoms with Gasteiger partial charge in [-0.1, -0.05) is 34.5 Å². The lowest BCUT2D eigenvalue weighted by Gasteiger charge is -2.26. The molecular weight excluding hydrogens is 317 g/mol. The Bertz CT molecular complexity index is 560. The maximum atomic E-state index is 6.01. The quantitative estimate of drug-likeness (QED) is 0.932. The molecule has 2 aromatic rings. The van der Waals surface area contributed by atoms with Crippen molar-refractivity contribution in [1.29, 1.82) is 0 Å². The minimum atomic E-state index is 0.546. The summed E-state index contributed by atoms with van der Waals surface area (Å²) in [5.74, 6) is 0. The van der Waals surface area contributed by atoms with Crippen LogP contribution in [0.5, 0.6) is 0 Å². The fraction of sp³-hybridized carbons (Fsp3) is 0.462. The van der Waals surface area contributed by atoms with Crippen molar-refractivity contribution in [3.8, 4) is 0 Å². The topological polar surface area (TPSA) is 37.4 Å². The van der Waals surface area contributed by atoms with Crippen molar-refractivity contribution >= 4 is 49.9 Å². The number of nitrogens with zero attached hydrogens (tertiary/aromatic N) is 2. The fourth-order valence-electron chi connectivity index (χ4n) is 2.14. The molecule has 2 heterocycles. The van der Waals surface area contributed by atoms with Crippen LogP contribution in [0.4, 0.5) is 5.13 Å². The number of morpholine rings is 1. The number of hydrogen-bond acceptors (Lipinski definition) is 5. The van der Waals surface area contributed by atoms with Gasteiger partial charge in [0.05, 0.1) is 33.5 Å². The van der Waals surface area contributed by atoms with Gasteiger partial charge in [0, 0.05) is 26.2 Å². The summed E-state index contributed by atoms with van der Waals surface area (Å²) in [5.41, 5.74) is 0.887. The van der Waals surface area contributed by atoms with E-state index >= 15 is 0 Å². The summed E-state index contributed by atoms with van der Waals surface area (Å²) < 4.78 is 6.38. The predicted molar refractivity (Wildman–Crippen MR) is 85.4 cm³/mol. The van der Waals surface area contributed by atoms with Crippen LogP contribution in [-0.2, 0) is 4.74 Å². The molecule has 1 N–H and O–H groups in total. The lowest BCUT2D eigenvalue weighted by atomic mass is 10.3. The monoisotopic (exact) mass is 331 g/mol. The van der Waals surface area contributed by atoms with E-state index in [1.54, 1.807) is 11.3 Å². The summed E-state index contributed by atoms with van der Waals surface area (Å²) in [5, 5.41) is 5.39. The van der Waals surface area contributed by atoms with Gasteiger partial charge in [-0.2, -0.15) is 0 Å². The van der Waals surface area contributed by atoms with Gasteiger partial charge in [-0.3, -0.25) is 4.90 Å². The van der Waals surface area contributed by atoms with E-state index in [2.05, 4.69) is 15.2 Å². The standard InChI is InChI=1S/C13H15Cl2N3OS/c14-9-7-11-12(8-10(9)15)20-13(17-11)16-1-2-18-3-5-19-6-4-18/h7-8H,1-6H2,(H,16,17). The molecule has 1 aliphatic rings. The zero-order valence-corrected chi connectivity index (χ0v) is 13.2. The molecule has 0 aliphatic carbocycles. The Morgan fingerprint density at radius 3 is 2.80 bits per heavy atom. The van der Waals surface area contributed by atoms with E-state index in [-0.39, 0.29) is 0 Å². The van der Waals surface area contributed by atoms with Crippen LogP contribution in [0.15, 0.2) is 12.1 Å². The molecule has 4 nitrogen and oxygen atoms in total. The van der Waals surface area contributed by atoms with E-state index < -0.39 is 0 Å². The fourth-order valence-corrected chi connectivity index (χ4v) is 3.44. The largest absolute Gasteiger partial charge is 0.379 e. The molecule has 0 bridgehead atoms. The van der Waals surface area contributed by atoms with E-state index in [4.69, 9.17) is 27.9 Å². The Labute approximate surface area is 131 Å². The number of fused-ring (bicyclic) bond motifs is 1. The summed E-state index contributed by atoms with van der Waals surface area (Å²) in [6.45, 7) is 5.55. The van der Waals surface area contributed by atoms with Crippen molar-refractivity contribution < 1.29 is 4.74 Å². The Hall–Kier alpha value is -0.590. The molecular formula is C13H15Cl2N3OS. The van der Waals surface area contributed by atoms with Gasteiger partial charge >= 0.3 is 0 Å². The van der Waals surface area contributed by atoms with Gasteiger partial charge < -0.3 is 10.1 Å². The summed E-state index contributed by atoms with van der Waals surface area (Å²) in [6, 6.07) is 3.67. The van der Waals surface area contributed by atoms with E-state index in [9.17, 15) is 0 Å². The summed E-state index contributed by atoms with van der Waals surface area (Å²) in [4.78, 5) is 6.90. The highest BCUT2D eigenvalue weighted by Crippen LogP contribution is 2.32. The molecule has 0 atom stereocenters. The van der Waals surface area contributed by atoms with Crippen molar-refractivity contribution in [2.45, 2.75) is 0 Å². The molecule has 1 aromatic heterocycles. The summed E-state index contributed by atoms with van der Waals surface area (Å²) >= 11 is 13.6. The van der Waals surface area contributed by atoms with E-state index in [0.717, 1.165) is 54.7 Å². The highest BCUT2D eigenvalue weighted by Gasteiger charge is 2.10. The number of benzene rings is 1. The summed E-state index contributed by atoms with van der Waals surface area (Å²) in [6.07, 6.45) is 0. The van der Waals surface area contributed by atoms with E-state index in [1.807, 2.05) is 12.1 Å². The van der Waals surface area contributed by atoms with Crippen molar-refractivity contribution in [3.05, 3.63) is 22.2 Å². The van der Waals surface area contributed by atoms with Crippen LogP contribution in [0, 0.1) is 0 Å². The van der Waals surface area contributed by atoms with Gasteiger partial charge in [0.25, 0.3) is 0 Å². The normalized spacial score (nSPS) is 16.7. The first-order chi connectivity index (χ1) is 9.72. The van der Waals surface area contributed by atoms with Crippen LogP contribution < -0.4 is 5.32 Å². The second kappa shape index (κ2) is 6.45. The molecule has 1 fully saturated rings. The number of rotatable bonds is 4. The van der Waals surface area contributed by atoms with Crippen LogP contribution in [0.3, 0.4) is 0 Å². The van der Waals surface area contributed by atoms with Crippen molar-refractivity contribution in [2.24, 2.45) is 0 Å². The molecule has 108 valence electrons. The van der Waals surface area contributed by atoms with Crippen LogP contribution in [-0.4, -0.2) is 49.3 Å². The van der Waals surface area contributed by atoms with E-state index in [1.165, 1.54) is 0 Å². The number of anilines is 1. The van der Waals surface area contributed by atoms with Crippen LogP contribution in [0.25, 0.3) is 10.2 Å². The van der Waals surface area contributed by atoms with Crippen LogP contribution in [0.1, 0.15) is 0 Å². The second-order valence-electron chi connectivity index (χ2n) is 4.63. The minimum absolute atomic E-state index is 0.546. The number of nitrogens with one attached hydrogen (secondary N) is 1. The Balaban J connectivity index is 1.60. The van der Waals surface area contributed by atoms with Crippen molar-refractivity contribution in [2.75, 3.05) is 44.7 Å². The maximum absolute atomic E-state index is 6.01. The van der Waals surface area contributed by atoms with Crippen molar-refractivity contribution in [1.82, 2.24) is 9.88 Å². The predicted octanol–water partition coefficient (Wildman–Crippen LogP) is 3.35. The third-order valence-electron chi connectivity index (χ3n) is 3.24. The van der Waals surface area contributed by atoms with Crippen LogP contribution in [0.2, 0.25) is 10.0 Å². The first-order valence-corrected chi connectivity index (χ1v) is 8.09. The third kappa shape index (κ3) is 3.35. The first kappa shape index (κ1) is 14.4. The van der Waals surface area contributed by atoms with Gasteiger partial charge in [0.2, 0.25) is 0 Å². The summed E-state index contributed by atoms with van der Waals surface area (Å²) in [7, 11) is 0. The number of thiazole rings is 1. The minimum Gasteiger partial charge on any atom is -0.379 e. The van der Waals surface area contributed by atoms with Gasteiger partial charge in [-0.15, -0.1) is 0 Å². The Kier molecular flexibility index (Phi) is 4.63. The molecule has 0 unspecified atom stereocenters. The van der Waals surface area contributed by atoms with Crippen LogP contribution >= 0.6 is 34.5 Å². The molecule has 0 saturated carbocycles. The van der Waals surface area contributed by atoms with Crippen molar-refractivity contribution in [3.63, 3.8) is 0 Å². The average molecular weight is 332 g/mol. The number of hydrogen-bond donors (Lipinski definition) is 1. The zero-order valence-electron chi connectivity index (χ0n) is 10.9. The highest BCUT2D eigenvalue weighted by molar-refractivity contribution is 7.22. The molecule has 0 spiro atoms. The lowest BCUT2D eigenvalue weighted by Crippen LogP contribution is -2.38. The van der Waals surface area contributed by atoms with Gasteiger partial charge in [-0.25, -0.2) is 4.98 Å². The zero-order chi connectivity index (χ0) is 13.9. The number of aromatic nitrogens is 1. The Morgan fingerprint density at radius 1 is 1.25 bits per heavy atom. The van der Waals surface area contributed by atoms with Gasteiger partial charge in [-0.05, 0) is 12.1 Å². The lowest BCUT2D eigenvalue weighted by molar-refractivity contribution is 0.0398.